The molecule has 0 unspecified atom stereocenters. The first-order valence-electron chi connectivity index (χ1n) is 21.6. The van der Waals surface area contributed by atoms with Crippen molar-refractivity contribution in [3.8, 4) is 23.3 Å². The fourth-order valence-corrected chi connectivity index (χ4v) is 9.07. The lowest BCUT2D eigenvalue weighted by Gasteiger charge is -2.37. The molecule has 3 amide bonds. The molecule has 4 saturated heterocycles. The van der Waals surface area contributed by atoms with Crippen LogP contribution in [0.3, 0.4) is 0 Å². The molecule has 17 nitrogen and oxygen atoms in total. The van der Waals surface area contributed by atoms with E-state index >= 15 is 4.39 Å². The largest absolute Gasteiger partial charge is 0.453 e. The zero-order valence-electron chi connectivity index (χ0n) is 35.5. The van der Waals surface area contributed by atoms with Crippen molar-refractivity contribution in [3.63, 3.8) is 0 Å². The number of anilines is 3. The molecule has 4 aliphatic rings. The predicted octanol–water partition coefficient (Wildman–Crippen LogP) is 5.11. The maximum atomic E-state index is 15.1. The molecule has 5 aromatic rings. The minimum Gasteiger partial charge on any atom is -0.453 e. The van der Waals surface area contributed by atoms with Crippen molar-refractivity contribution in [2.45, 2.75) is 50.9 Å². The van der Waals surface area contributed by atoms with Crippen LogP contribution in [0.5, 0.6) is 11.5 Å². The van der Waals surface area contributed by atoms with E-state index in [2.05, 4.69) is 40.3 Å². The minimum absolute atomic E-state index is 0.0114. The number of carbonyl (C=O) groups is 3. The van der Waals surface area contributed by atoms with Gasteiger partial charge in [-0.2, -0.15) is 5.26 Å². The third-order valence-electron chi connectivity index (χ3n) is 11.8. The molecule has 2 aromatic heterocycles. The second-order valence-corrected chi connectivity index (χ2v) is 17.1. The number of nitriles is 1. The average molecular weight is 907 g/mol. The van der Waals surface area contributed by atoms with E-state index in [1.165, 1.54) is 47.3 Å². The van der Waals surface area contributed by atoms with E-state index in [4.69, 9.17) is 10.5 Å². The molecule has 0 bridgehead atoms. The number of nitrogen functional groups attached to an aromatic ring is 1. The number of hydrogen-bond acceptors (Lipinski definition) is 15. The van der Waals surface area contributed by atoms with Crippen molar-refractivity contribution in [1.29, 1.82) is 5.26 Å². The normalized spacial score (nSPS) is 17.3. The van der Waals surface area contributed by atoms with Crippen molar-refractivity contribution in [2.24, 2.45) is 0 Å². The molecule has 3 aromatic carbocycles. The molecule has 0 atom stereocenters. The van der Waals surface area contributed by atoms with Gasteiger partial charge in [0.1, 0.15) is 29.5 Å². The van der Waals surface area contributed by atoms with Crippen LogP contribution in [0.25, 0.3) is 16.6 Å². The number of nitrogens with one attached hydrogen (secondary N) is 2. The summed E-state index contributed by atoms with van der Waals surface area (Å²) in [5.41, 5.74) is 7.65. The molecule has 9 rings (SSSR count). The molecule has 338 valence electrons. The van der Waals surface area contributed by atoms with Crippen LogP contribution in [0.1, 0.15) is 62.0 Å². The lowest BCUT2D eigenvalue weighted by molar-refractivity contribution is -0.134. The molecule has 0 spiro atoms. The number of fused-ring (bicyclic) bond motifs is 1. The summed E-state index contributed by atoms with van der Waals surface area (Å²) in [6, 6.07) is 14.3. The molecule has 65 heavy (non-hydrogen) atoms. The van der Waals surface area contributed by atoms with E-state index in [-0.39, 0.29) is 51.9 Å². The third-order valence-corrected chi connectivity index (χ3v) is 12.8. The van der Waals surface area contributed by atoms with Crippen LogP contribution in [0.15, 0.2) is 72.0 Å². The molecule has 6 heterocycles. The van der Waals surface area contributed by atoms with Gasteiger partial charge in [-0.25, -0.2) is 28.0 Å². The van der Waals surface area contributed by atoms with Gasteiger partial charge in [-0.1, -0.05) is 6.07 Å². The number of halogens is 2. The number of imide groups is 1. The summed E-state index contributed by atoms with van der Waals surface area (Å²) in [6.45, 7) is 5.75. The molecular formula is C45H48F2N12O5S. The van der Waals surface area contributed by atoms with Crippen LogP contribution in [-0.2, 0) is 14.4 Å². The van der Waals surface area contributed by atoms with E-state index in [1.807, 2.05) is 9.80 Å². The Balaban J connectivity index is 0.000000651. The smallest absolute Gasteiger partial charge is 0.266 e. The Labute approximate surface area is 377 Å². The second-order valence-electron chi connectivity index (χ2n) is 16.2. The van der Waals surface area contributed by atoms with Crippen LogP contribution in [0.2, 0.25) is 0 Å². The van der Waals surface area contributed by atoms with E-state index in [0.29, 0.717) is 86.1 Å². The highest BCUT2D eigenvalue weighted by molar-refractivity contribution is 7.98. The highest BCUT2D eigenvalue weighted by Crippen LogP contribution is 2.36. The van der Waals surface area contributed by atoms with E-state index in [9.17, 15) is 28.8 Å². The topological polar surface area (TPSA) is 208 Å². The van der Waals surface area contributed by atoms with Gasteiger partial charge in [-0.3, -0.25) is 34.0 Å². The van der Waals surface area contributed by atoms with Gasteiger partial charge in [0.25, 0.3) is 5.56 Å². The van der Waals surface area contributed by atoms with Gasteiger partial charge in [0.15, 0.2) is 11.6 Å². The maximum Gasteiger partial charge on any atom is 0.266 e. The van der Waals surface area contributed by atoms with Crippen molar-refractivity contribution in [2.75, 3.05) is 74.3 Å². The van der Waals surface area contributed by atoms with E-state index < -0.39 is 11.4 Å². The summed E-state index contributed by atoms with van der Waals surface area (Å²) >= 11 is 1.37. The first kappa shape index (κ1) is 44.9. The first-order chi connectivity index (χ1) is 31.5. The molecule has 20 heteroatoms. The van der Waals surface area contributed by atoms with Crippen LogP contribution in [0.4, 0.5) is 26.1 Å². The monoisotopic (exact) mass is 906 g/mol. The second kappa shape index (κ2) is 20.4. The summed E-state index contributed by atoms with van der Waals surface area (Å²) in [6.07, 6.45) is 9.96. The Morgan fingerprint density at radius 1 is 0.877 bits per heavy atom. The van der Waals surface area contributed by atoms with Crippen LogP contribution in [0, 0.1) is 23.0 Å². The van der Waals surface area contributed by atoms with Crippen molar-refractivity contribution in [3.05, 3.63) is 100 Å². The van der Waals surface area contributed by atoms with Crippen molar-refractivity contribution in [1.82, 2.24) is 38.9 Å². The van der Waals surface area contributed by atoms with Crippen molar-refractivity contribution < 1.29 is 27.9 Å². The zero-order chi connectivity index (χ0) is 45.5. The molecule has 4 N–H and O–H groups in total. The summed E-state index contributed by atoms with van der Waals surface area (Å²) in [5, 5.41) is 12.4. The van der Waals surface area contributed by atoms with Gasteiger partial charge < -0.3 is 25.0 Å². The standard InChI is InChI=1S/C40H41F2N11O3S.C5H7NO2/c41-33-6-8-36(48-57-52-11-1-2-12-52)32(21-43)38(33)56-29-4-7-35-31(20-29)39(55)53(25-47-35)28-22-45-40(46-23-28)51-17-15-50(16-18-51)37(54)24-49-13-9-26(10-14-49)30-5-3-27(44)19-34(30)42;7-4-2-1-3-5(8)6-4/h3-8,19-20,22-23,25-26,48H,1-2,9-18,24,44H2;1-3H2,(H,6,7,8). The molecule has 0 saturated carbocycles. The zero-order valence-corrected chi connectivity index (χ0v) is 36.4. The lowest BCUT2D eigenvalue weighted by atomic mass is 9.89. The van der Waals surface area contributed by atoms with Crippen LogP contribution < -0.4 is 31.0 Å². The van der Waals surface area contributed by atoms with Gasteiger partial charge >= 0.3 is 0 Å². The van der Waals surface area contributed by atoms with E-state index in [1.54, 1.807) is 36.7 Å². The number of piperazine rings is 1. The molecule has 0 radical (unpaired) electrons. The first-order valence-corrected chi connectivity index (χ1v) is 22.3. The number of benzene rings is 3. The van der Waals surface area contributed by atoms with Crippen LogP contribution >= 0.6 is 12.1 Å². The number of hydrogen-bond donors (Lipinski definition) is 3. The molecular weight excluding hydrogens is 859 g/mol. The Kier molecular flexibility index (Phi) is 14.1. The van der Waals surface area contributed by atoms with Gasteiger partial charge in [0.05, 0.1) is 41.2 Å². The Morgan fingerprint density at radius 2 is 1.60 bits per heavy atom. The summed E-state index contributed by atoms with van der Waals surface area (Å²) in [4.78, 5) is 67.1. The number of aromatic nitrogens is 4. The highest BCUT2D eigenvalue weighted by atomic mass is 32.2. The molecule has 4 aliphatic heterocycles. The fourth-order valence-electron chi connectivity index (χ4n) is 8.23. The predicted molar refractivity (Wildman–Crippen MR) is 241 cm³/mol. The quantitative estimate of drug-likeness (QED) is 0.0946. The van der Waals surface area contributed by atoms with Crippen LogP contribution in [-0.4, -0.2) is 110 Å². The van der Waals surface area contributed by atoms with Crippen molar-refractivity contribution >= 4 is 58.1 Å². The Hall–Kier alpha value is -6.69. The third kappa shape index (κ3) is 10.8. The number of carbonyl (C=O) groups excluding carboxylic acids is 3. The van der Waals surface area contributed by atoms with E-state index in [0.717, 1.165) is 51.9 Å². The van der Waals surface area contributed by atoms with Gasteiger partial charge in [0.2, 0.25) is 23.7 Å². The lowest BCUT2D eigenvalue weighted by Crippen LogP contribution is -2.52. The number of nitrogens with two attached hydrogens (primary N) is 1. The molecule has 0 aliphatic carbocycles. The number of rotatable bonds is 10. The number of likely N-dealkylation sites (tertiary alicyclic amines) is 1. The number of piperidine rings is 2. The van der Waals surface area contributed by atoms with Gasteiger partial charge in [-0.15, -0.1) is 0 Å². The number of ether oxygens (including phenoxy) is 1. The number of nitrogens with zero attached hydrogens (tertiary/aromatic N) is 9. The summed E-state index contributed by atoms with van der Waals surface area (Å²) in [5.74, 6) is -0.676. The Bertz CT molecular complexity index is 2650. The molecule has 4 fully saturated rings. The van der Waals surface area contributed by atoms with Gasteiger partial charge in [0, 0.05) is 69.9 Å². The maximum absolute atomic E-state index is 15.1. The summed E-state index contributed by atoms with van der Waals surface area (Å²) < 4.78 is 42.0. The number of amides is 3. The van der Waals surface area contributed by atoms with Gasteiger partial charge in [-0.05, 0) is 99.1 Å². The SMILES string of the molecule is N#Cc1c(NSN2CCCC2)ccc(F)c1Oc1ccc2ncn(-c3cnc(N4CCN(C(=O)CN5CCC(c6ccc(N)cc6F)CC5)CC4)nc3)c(=O)c2c1.O=C1CCCC(=O)N1. The Morgan fingerprint density at radius 3 is 2.26 bits per heavy atom. The highest BCUT2D eigenvalue weighted by Gasteiger charge is 2.28. The fraction of sp³-hybridized carbons (Fsp3) is 0.378. The summed E-state index contributed by atoms with van der Waals surface area (Å²) in [7, 11) is 0. The minimum atomic E-state index is -0.709. The average Bonchev–Trinajstić information content (AvgIpc) is 3.84.